The number of nitrogens with one attached hydrogen (secondary N) is 2. The number of carbonyl (C=O) groups is 2. The third-order valence-corrected chi connectivity index (χ3v) is 4.98. The Morgan fingerprint density at radius 1 is 1.33 bits per heavy atom. The Balaban J connectivity index is 0.00000261. The SMILES string of the molecule is COC(=O)c1cc(C(=O)Nc2nc3c(s2)CNC3(C)C)cc([N+](=O)[O-])c1.Cl. The van der Waals surface area contributed by atoms with E-state index >= 15 is 0 Å². The summed E-state index contributed by atoms with van der Waals surface area (Å²) in [5.41, 5.74) is 0.126. The molecule has 0 saturated carbocycles. The molecule has 0 unspecified atom stereocenters. The van der Waals surface area contributed by atoms with Gasteiger partial charge in [-0.2, -0.15) is 0 Å². The summed E-state index contributed by atoms with van der Waals surface area (Å²) in [6.45, 7) is 4.65. The number of thiazole rings is 1. The molecule has 1 aliphatic rings. The molecule has 2 heterocycles. The number of aromatic nitrogens is 1. The molecule has 0 aliphatic carbocycles. The van der Waals surface area contributed by atoms with Gasteiger partial charge in [0.15, 0.2) is 5.13 Å². The lowest BCUT2D eigenvalue weighted by Crippen LogP contribution is -2.29. The number of anilines is 1. The number of methoxy groups -OCH3 is 1. The normalized spacial score (nSPS) is 14.0. The number of non-ortho nitro benzene ring substituents is 1. The van der Waals surface area contributed by atoms with Crippen molar-refractivity contribution in [3.05, 3.63) is 50.0 Å². The van der Waals surface area contributed by atoms with E-state index < -0.39 is 16.8 Å². The number of carbonyl (C=O) groups excluding carboxylic acids is 2. The van der Waals surface area contributed by atoms with Gasteiger partial charge in [-0.1, -0.05) is 11.3 Å². The molecule has 3 rings (SSSR count). The standard InChI is InChI=1S/C16H16N4O5S.ClH/c1-16(2)12-11(7-17-16)26-15(18-12)19-13(21)8-4-9(14(22)25-3)6-10(5-8)20(23)24;/h4-6,17H,7H2,1-3H3,(H,18,19,21);1H. The fourth-order valence-corrected chi connectivity index (χ4v) is 3.71. The summed E-state index contributed by atoms with van der Waals surface area (Å²) >= 11 is 1.34. The van der Waals surface area contributed by atoms with E-state index in [-0.39, 0.29) is 34.8 Å². The zero-order valence-electron chi connectivity index (χ0n) is 14.7. The second kappa shape index (κ2) is 7.59. The van der Waals surface area contributed by atoms with Crippen molar-refractivity contribution in [2.24, 2.45) is 0 Å². The van der Waals surface area contributed by atoms with Crippen LogP contribution >= 0.6 is 23.7 Å². The van der Waals surface area contributed by atoms with E-state index in [0.29, 0.717) is 11.7 Å². The van der Waals surface area contributed by atoms with Gasteiger partial charge in [-0.15, -0.1) is 12.4 Å². The third-order valence-electron chi connectivity index (χ3n) is 4.01. The smallest absolute Gasteiger partial charge is 0.338 e. The second-order valence-corrected chi connectivity index (χ2v) is 7.32. The number of nitrogens with zero attached hydrogens (tertiary/aromatic N) is 2. The molecule has 9 nitrogen and oxygen atoms in total. The van der Waals surface area contributed by atoms with Crippen LogP contribution in [0.2, 0.25) is 0 Å². The Bertz CT molecular complexity index is 928. The predicted octanol–water partition coefficient (Wildman–Crippen LogP) is 2.85. The number of hydrogen-bond donors (Lipinski definition) is 2. The largest absolute Gasteiger partial charge is 0.465 e. The molecular formula is C16H17ClN4O5S. The molecule has 2 N–H and O–H groups in total. The van der Waals surface area contributed by atoms with Crippen LogP contribution in [0.3, 0.4) is 0 Å². The van der Waals surface area contributed by atoms with E-state index in [9.17, 15) is 19.7 Å². The van der Waals surface area contributed by atoms with Gasteiger partial charge in [-0.3, -0.25) is 20.2 Å². The fraction of sp³-hybridized carbons (Fsp3) is 0.312. The quantitative estimate of drug-likeness (QED) is 0.449. The van der Waals surface area contributed by atoms with Crippen molar-refractivity contribution in [1.82, 2.24) is 10.3 Å². The minimum Gasteiger partial charge on any atom is -0.465 e. The molecule has 1 aromatic carbocycles. The highest BCUT2D eigenvalue weighted by Gasteiger charge is 2.33. The summed E-state index contributed by atoms with van der Waals surface area (Å²) in [6.07, 6.45) is 0. The van der Waals surface area contributed by atoms with Crippen LogP contribution < -0.4 is 10.6 Å². The Morgan fingerprint density at radius 3 is 2.59 bits per heavy atom. The summed E-state index contributed by atoms with van der Waals surface area (Å²) in [4.78, 5) is 40.1. The topological polar surface area (TPSA) is 123 Å². The molecule has 0 atom stereocenters. The Labute approximate surface area is 164 Å². The van der Waals surface area contributed by atoms with Gasteiger partial charge in [0.2, 0.25) is 0 Å². The highest BCUT2D eigenvalue weighted by Crippen LogP contribution is 2.36. The highest BCUT2D eigenvalue weighted by molar-refractivity contribution is 7.16. The minimum absolute atomic E-state index is 0. The van der Waals surface area contributed by atoms with E-state index in [2.05, 4.69) is 20.4 Å². The number of amides is 1. The number of fused-ring (bicyclic) bond motifs is 1. The van der Waals surface area contributed by atoms with Gasteiger partial charge in [-0.25, -0.2) is 9.78 Å². The number of nitro groups is 1. The van der Waals surface area contributed by atoms with Gasteiger partial charge in [0, 0.05) is 29.1 Å². The lowest BCUT2D eigenvalue weighted by atomic mass is 10.0. The summed E-state index contributed by atoms with van der Waals surface area (Å²) in [5.74, 6) is -1.35. The summed E-state index contributed by atoms with van der Waals surface area (Å²) in [5, 5.41) is 17.4. The minimum atomic E-state index is -0.760. The van der Waals surface area contributed by atoms with E-state index in [0.717, 1.165) is 29.8 Å². The first-order valence-corrected chi connectivity index (χ1v) is 8.47. The van der Waals surface area contributed by atoms with Crippen LogP contribution in [0.5, 0.6) is 0 Å². The average molecular weight is 413 g/mol. The molecule has 0 saturated heterocycles. The maximum atomic E-state index is 12.5. The molecule has 0 fully saturated rings. The van der Waals surface area contributed by atoms with Crippen molar-refractivity contribution in [3.63, 3.8) is 0 Å². The lowest BCUT2D eigenvalue weighted by Gasteiger charge is -2.17. The maximum Gasteiger partial charge on any atom is 0.338 e. The molecule has 0 bridgehead atoms. The van der Waals surface area contributed by atoms with Gasteiger partial charge in [0.05, 0.1) is 28.8 Å². The van der Waals surface area contributed by atoms with Crippen LogP contribution in [-0.4, -0.2) is 28.9 Å². The van der Waals surface area contributed by atoms with Crippen molar-refractivity contribution in [1.29, 1.82) is 0 Å². The van der Waals surface area contributed by atoms with Crippen LogP contribution in [0.25, 0.3) is 0 Å². The molecular weight excluding hydrogens is 396 g/mol. The Morgan fingerprint density at radius 2 is 2.00 bits per heavy atom. The molecule has 0 radical (unpaired) electrons. The molecule has 2 aromatic rings. The first kappa shape index (κ1) is 20.7. The van der Waals surface area contributed by atoms with Crippen molar-refractivity contribution < 1.29 is 19.2 Å². The zero-order valence-corrected chi connectivity index (χ0v) is 16.3. The van der Waals surface area contributed by atoms with Gasteiger partial charge in [0.1, 0.15) is 0 Å². The predicted molar refractivity (Wildman–Crippen MR) is 102 cm³/mol. The lowest BCUT2D eigenvalue weighted by molar-refractivity contribution is -0.384. The maximum absolute atomic E-state index is 12.5. The number of ether oxygens (including phenoxy) is 1. The number of nitro benzene ring substituents is 1. The van der Waals surface area contributed by atoms with Crippen LogP contribution in [0.4, 0.5) is 10.8 Å². The van der Waals surface area contributed by atoms with Crippen LogP contribution in [0.1, 0.15) is 45.1 Å². The van der Waals surface area contributed by atoms with Gasteiger partial charge < -0.3 is 10.1 Å². The molecule has 0 spiro atoms. The van der Waals surface area contributed by atoms with E-state index in [1.54, 1.807) is 0 Å². The molecule has 1 aliphatic heterocycles. The van der Waals surface area contributed by atoms with Crippen LogP contribution in [0.15, 0.2) is 18.2 Å². The first-order valence-electron chi connectivity index (χ1n) is 7.65. The van der Waals surface area contributed by atoms with Crippen LogP contribution in [0, 0.1) is 10.1 Å². The Kier molecular flexibility index (Phi) is 5.83. The second-order valence-electron chi connectivity index (χ2n) is 6.24. The molecule has 11 heteroatoms. The van der Waals surface area contributed by atoms with Crippen LogP contribution in [-0.2, 0) is 16.8 Å². The van der Waals surface area contributed by atoms with Crippen molar-refractivity contribution in [2.45, 2.75) is 25.9 Å². The monoisotopic (exact) mass is 412 g/mol. The third kappa shape index (κ3) is 4.07. The molecule has 1 amide bonds. The number of benzene rings is 1. The molecule has 144 valence electrons. The fourth-order valence-electron chi connectivity index (χ4n) is 2.65. The summed E-state index contributed by atoms with van der Waals surface area (Å²) in [6, 6.07) is 3.42. The van der Waals surface area contributed by atoms with E-state index in [1.165, 1.54) is 17.4 Å². The first-order chi connectivity index (χ1) is 12.2. The highest BCUT2D eigenvalue weighted by atomic mass is 35.5. The number of hydrogen-bond acceptors (Lipinski definition) is 8. The van der Waals surface area contributed by atoms with E-state index in [1.807, 2.05) is 13.8 Å². The van der Waals surface area contributed by atoms with Gasteiger partial charge in [0.25, 0.3) is 11.6 Å². The number of halogens is 1. The van der Waals surface area contributed by atoms with Crippen molar-refractivity contribution >= 4 is 46.4 Å². The Hall–Kier alpha value is -2.56. The van der Waals surface area contributed by atoms with Gasteiger partial charge in [-0.05, 0) is 19.9 Å². The molecule has 1 aromatic heterocycles. The summed E-state index contributed by atoms with van der Waals surface area (Å²) in [7, 11) is 1.16. The van der Waals surface area contributed by atoms with E-state index in [4.69, 9.17) is 0 Å². The number of rotatable bonds is 4. The van der Waals surface area contributed by atoms with Crippen molar-refractivity contribution in [3.8, 4) is 0 Å². The summed E-state index contributed by atoms with van der Waals surface area (Å²) < 4.78 is 4.58. The molecule has 27 heavy (non-hydrogen) atoms. The zero-order chi connectivity index (χ0) is 19.1. The number of esters is 1. The van der Waals surface area contributed by atoms with Gasteiger partial charge >= 0.3 is 5.97 Å². The van der Waals surface area contributed by atoms with Crippen molar-refractivity contribution in [2.75, 3.05) is 12.4 Å². The average Bonchev–Trinajstić information content (AvgIpc) is 3.13.